The van der Waals surface area contributed by atoms with Crippen LogP contribution in [-0.2, 0) is 0 Å². The first-order valence-electron chi connectivity index (χ1n) is 10.5. The van der Waals surface area contributed by atoms with Gasteiger partial charge in [-0.05, 0) is 92.3 Å². The number of carbonyl (C=O) groups excluding carboxylic acids is 1. The molecule has 0 aliphatic rings. The van der Waals surface area contributed by atoms with Crippen molar-refractivity contribution in [1.29, 1.82) is 0 Å². The minimum Gasteiger partial charge on any atom is -0.491 e. The Morgan fingerprint density at radius 3 is 2.55 bits per heavy atom. The number of nitrogens with zero attached hydrogens (tertiary/aromatic N) is 1. The number of oxazole rings is 1. The van der Waals surface area contributed by atoms with Crippen molar-refractivity contribution in [1.82, 2.24) is 10.3 Å². The van der Waals surface area contributed by atoms with Crippen molar-refractivity contribution < 1.29 is 18.3 Å². The fourth-order valence-corrected chi connectivity index (χ4v) is 3.27. The van der Waals surface area contributed by atoms with Crippen LogP contribution in [0.25, 0.3) is 22.6 Å². The number of amides is 1. The third kappa shape index (κ3) is 5.53. The van der Waals surface area contributed by atoms with E-state index in [1.807, 2.05) is 13.8 Å². The molecule has 0 bridgehead atoms. The number of thiocarbonyl (C=S) groups is 1. The third-order valence-corrected chi connectivity index (χ3v) is 5.20. The first-order valence-corrected chi connectivity index (χ1v) is 10.9. The van der Waals surface area contributed by atoms with Gasteiger partial charge >= 0.3 is 0 Å². The topological polar surface area (TPSA) is 76.4 Å². The Bertz CT molecular complexity index is 1290. The van der Waals surface area contributed by atoms with E-state index in [0.717, 1.165) is 6.42 Å². The lowest BCUT2D eigenvalue weighted by Crippen LogP contribution is -2.34. The van der Waals surface area contributed by atoms with E-state index >= 15 is 0 Å². The highest BCUT2D eigenvalue weighted by molar-refractivity contribution is 7.80. The van der Waals surface area contributed by atoms with Crippen molar-refractivity contribution >= 4 is 40.0 Å². The van der Waals surface area contributed by atoms with E-state index in [0.29, 0.717) is 39.6 Å². The van der Waals surface area contributed by atoms with Crippen molar-refractivity contribution in [3.63, 3.8) is 0 Å². The Kier molecular flexibility index (Phi) is 6.65. The average Bonchev–Trinajstić information content (AvgIpc) is 3.23. The molecule has 6 nitrogen and oxygen atoms in total. The number of benzene rings is 3. The summed E-state index contributed by atoms with van der Waals surface area (Å²) in [6.45, 7) is 4.04. The molecule has 0 aliphatic heterocycles. The molecule has 0 unspecified atom stereocenters. The molecule has 2 N–H and O–H groups in total. The minimum absolute atomic E-state index is 0.107. The van der Waals surface area contributed by atoms with Gasteiger partial charge in [0, 0.05) is 16.8 Å². The zero-order valence-corrected chi connectivity index (χ0v) is 18.9. The molecule has 0 saturated carbocycles. The van der Waals surface area contributed by atoms with E-state index < -0.39 is 0 Å². The average molecular weight is 464 g/mol. The minimum atomic E-state index is -0.330. The highest BCUT2D eigenvalue weighted by atomic mass is 32.1. The summed E-state index contributed by atoms with van der Waals surface area (Å²) >= 11 is 5.28. The van der Waals surface area contributed by atoms with Crippen LogP contribution in [0, 0.1) is 5.82 Å². The molecule has 4 aromatic rings. The number of rotatable bonds is 6. The lowest BCUT2D eigenvalue weighted by atomic mass is 10.2. The van der Waals surface area contributed by atoms with Gasteiger partial charge in [-0.3, -0.25) is 10.1 Å². The molecule has 0 saturated heterocycles. The summed E-state index contributed by atoms with van der Waals surface area (Å²) in [4.78, 5) is 17.0. The normalized spacial score (nSPS) is 11.7. The van der Waals surface area contributed by atoms with Gasteiger partial charge < -0.3 is 14.5 Å². The molecule has 0 spiro atoms. The number of nitrogens with one attached hydrogen (secondary N) is 2. The summed E-state index contributed by atoms with van der Waals surface area (Å²) in [6, 6.07) is 18.1. The van der Waals surface area contributed by atoms with Gasteiger partial charge in [0.05, 0.1) is 6.10 Å². The second kappa shape index (κ2) is 9.79. The molecule has 1 amide bonds. The standard InChI is InChI=1S/C25H22FN3O3S/c1-3-15(2)31-20-11-6-16(7-12-20)23(30)29-25(33)27-19-10-13-22-21(14-19)28-24(32-22)17-4-8-18(26)9-5-17/h4-15H,3H2,1-2H3,(H2,27,29,30,33)/t15-/m1/s1. The van der Waals surface area contributed by atoms with Crippen molar-refractivity contribution in [2.24, 2.45) is 0 Å². The zero-order chi connectivity index (χ0) is 23.4. The number of aromatic nitrogens is 1. The number of hydrogen-bond donors (Lipinski definition) is 2. The predicted octanol–water partition coefficient (Wildman–Crippen LogP) is 5.94. The highest BCUT2D eigenvalue weighted by Crippen LogP contribution is 2.26. The molecular formula is C25H22FN3O3S. The first kappa shape index (κ1) is 22.4. The van der Waals surface area contributed by atoms with Crippen LogP contribution in [-0.4, -0.2) is 22.1 Å². The Hall–Kier alpha value is -3.78. The van der Waals surface area contributed by atoms with Crippen LogP contribution in [0.4, 0.5) is 10.1 Å². The maximum Gasteiger partial charge on any atom is 0.257 e. The summed E-state index contributed by atoms with van der Waals surface area (Å²) in [5.74, 6) is 0.442. The van der Waals surface area contributed by atoms with Crippen molar-refractivity contribution in [3.05, 3.63) is 78.1 Å². The number of fused-ring (bicyclic) bond motifs is 1. The van der Waals surface area contributed by atoms with Crippen LogP contribution in [0.2, 0.25) is 0 Å². The molecule has 33 heavy (non-hydrogen) atoms. The van der Waals surface area contributed by atoms with Gasteiger partial charge in [-0.2, -0.15) is 0 Å². The van der Waals surface area contributed by atoms with Gasteiger partial charge in [0.2, 0.25) is 5.89 Å². The molecule has 1 aromatic heterocycles. The largest absolute Gasteiger partial charge is 0.491 e. The van der Waals surface area contributed by atoms with Crippen LogP contribution in [0.5, 0.6) is 5.75 Å². The Labute approximate surface area is 195 Å². The quantitative estimate of drug-likeness (QED) is 0.345. The summed E-state index contributed by atoms with van der Waals surface area (Å²) < 4.78 is 24.6. The van der Waals surface area contributed by atoms with Crippen molar-refractivity contribution in [3.8, 4) is 17.2 Å². The van der Waals surface area contributed by atoms with Crippen LogP contribution in [0.1, 0.15) is 30.6 Å². The molecule has 4 rings (SSSR count). The lowest BCUT2D eigenvalue weighted by Gasteiger charge is -2.13. The van der Waals surface area contributed by atoms with Crippen LogP contribution >= 0.6 is 12.2 Å². The lowest BCUT2D eigenvalue weighted by molar-refractivity contribution is 0.0977. The SMILES string of the molecule is CC[C@@H](C)Oc1ccc(C(=O)NC(=S)Nc2ccc3oc(-c4ccc(F)cc4)nc3c2)cc1. The van der Waals surface area contributed by atoms with E-state index in [1.165, 1.54) is 12.1 Å². The van der Waals surface area contributed by atoms with E-state index in [9.17, 15) is 9.18 Å². The maximum absolute atomic E-state index is 13.1. The van der Waals surface area contributed by atoms with Gasteiger partial charge in [-0.15, -0.1) is 0 Å². The van der Waals surface area contributed by atoms with Gasteiger partial charge in [0.15, 0.2) is 10.7 Å². The zero-order valence-electron chi connectivity index (χ0n) is 18.1. The fraction of sp³-hybridized carbons (Fsp3) is 0.160. The van der Waals surface area contributed by atoms with Gasteiger partial charge in [-0.1, -0.05) is 6.92 Å². The summed E-state index contributed by atoms with van der Waals surface area (Å²) in [5.41, 5.74) is 2.96. The highest BCUT2D eigenvalue weighted by Gasteiger charge is 2.12. The molecule has 0 aliphatic carbocycles. The van der Waals surface area contributed by atoms with Gasteiger partial charge in [-0.25, -0.2) is 9.37 Å². The van der Waals surface area contributed by atoms with Crippen molar-refractivity contribution in [2.75, 3.05) is 5.32 Å². The molecule has 8 heteroatoms. The number of anilines is 1. The maximum atomic E-state index is 13.1. The third-order valence-electron chi connectivity index (χ3n) is 4.99. The van der Waals surface area contributed by atoms with E-state index in [-0.39, 0.29) is 22.9 Å². The Balaban J connectivity index is 1.40. The van der Waals surface area contributed by atoms with Crippen molar-refractivity contribution in [2.45, 2.75) is 26.4 Å². The Morgan fingerprint density at radius 2 is 1.85 bits per heavy atom. The number of carbonyl (C=O) groups is 1. The number of hydrogen-bond acceptors (Lipinski definition) is 5. The fourth-order valence-electron chi connectivity index (χ4n) is 3.06. The van der Waals surface area contributed by atoms with Crippen LogP contribution in [0.15, 0.2) is 71.1 Å². The molecular weight excluding hydrogens is 441 g/mol. The number of halogens is 1. The molecule has 1 heterocycles. The molecule has 168 valence electrons. The Morgan fingerprint density at radius 1 is 1.12 bits per heavy atom. The summed E-state index contributed by atoms with van der Waals surface area (Å²) in [5, 5.41) is 5.80. The molecule has 0 fully saturated rings. The monoisotopic (exact) mass is 463 g/mol. The van der Waals surface area contributed by atoms with E-state index in [4.69, 9.17) is 21.4 Å². The second-order valence-electron chi connectivity index (χ2n) is 7.48. The van der Waals surface area contributed by atoms with Gasteiger partial charge in [0.1, 0.15) is 17.1 Å². The molecule has 0 radical (unpaired) electrons. The van der Waals surface area contributed by atoms with Gasteiger partial charge in [0.25, 0.3) is 5.91 Å². The molecule has 1 atom stereocenters. The summed E-state index contributed by atoms with van der Waals surface area (Å²) in [7, 11) is 0. The predicted molar refractivity (Wildman–Crippen MR) is 130 cm³/mol. The number of ether oxygens (including phenoxy) is 1. The van der Waals surface area contributed by atoms with Crippen LogP contribution in [0.3, 0.4) is 0 Å². The van der Waals surface area contributed by atoms with Crippen LogP contribution < -0.4 is 15.4 Å². The van der Waals surface area contributed by atoms with E-state index in [1.54, 1.807) is 54.6 Å². The molecule has 3 aromatic carbocycles. The second-order valence-corrected chi connectivity index (χ2v) is 7.89. The first-order chi connectivity index (χ1) is 15.9. The summed E-state index contributed by atoms with van der Waals surface area (Å²) in [6.07, 6.45) is 1.01. The smallest absolute Gasteiger partial charge is 0.257 e. The van der Waals surface area contributed by atoms with E-state index in [2.05, 4.69) is 15.6 Å².